The van der Waals surface area contributed by atoms with Crippen LogP contribution < -0.4 is 11.1 Å². The molecule has 1 aliphatic rings. The number of thiophene rings is 1. The van der Waals surface area contributed by atoms with Gasteiger partial charge in [-0.15, -0.1) is 35.3 Å². The lowest BCUT2D eigenvalue weighted by molar-refractivity contribution is 0.182. The minimum atomic E-state index is 0. The maximum atomic E-state index is 6.06. The number of hydrogen-bond acceptors (Lipinski definition) is 3. The summed E-state index contributed by atoms with van der Waals surface area (Å²) in [7, 11) is 0. The number of nitrogens with two attached hydrogens (primary N) is 1. The fourth-order valence-electron chi connectivity index (χ4n) is 3.23. The summed E-state index contributed by atoms with van der Waals surface area (Å²) in [5.41, 5.74) is 8.38. The van der Waals surface area contributed by atoms with Crippen LogP contribution in [0.2, 0.25) is 0 Å². The molecule has 0 amide bonds. The Kier molecular flexibility index (Phi) is 8.87. The first-order chi connectivity index (χ1) is 12.2. The molecule has 1 aromatic heterocycles. The Labute approximate surface area is 177 Å². The zero-order valence-electron chi connectivity index (χ0n) is 15.4. The van der Waals surface area contributed by atoms with Gasteiger partial charge in [-0.25, -0.2) is 0 Å². The van der Waals surface area contributed by atoms with Crippen LogP contribution in [0.1, 0.15) is 30.2 Å². The second kappa shape index (κ2) is 10.9. The molecule has 1 fully saturated rings. The Morgan fingerprint density at radius 2 is 2.08 bits per heavy atom. The number of aryl methyl sites for hydroxylation is 1. The normalized spacial score (nSPS) is 16.3. The number of hydrogen-bond donors (Lipinski definition) is 2. The number of rotatable bonds is 6. The van der Waals surface area contributed by atoms with E-state index in [-0.39, 0.29) is 24.0 Å². The highest BCUT2D eigenvalue weighted by atomic mass is 127. The van der Waals surface area contributed by atoms with Crippen molar-refractivity contribution in [2.75, 3.05) is 25.0 Å². The number of halogens is 1. The number of guanidine groups is 1. The molecular formula is C20H29IN4S. The minimum Gasteiger partial charge on any atom is -0.370 e. The molecule has 1 aliphatic heterocycles. The number of aliphatic imine (C=N–C) groups is 1. The van der Waals surface area contributed by atoms with Gasteiger partial charge in [0, 0.05) is 23.7 Å². The minimum absolute atomic E-state index is 0. The monoisotopic (exact) mass is 484 g/mol. The van der Waals surface area contributed by atoms with Gasteiger partial charge in [0.25, 0.3) is 0 Å². The van der Waals surface area contributed by atoms with Gasteiger partial charge in [0.15, 0.2) is 5.96 Å². The van der Waals surface area contributed by atoms with Crippen molar-refractivity contribution in [1.29, 1.82) is 0 Å². The van der Waals surface area contributed by atoms with Gasteiger partial charge in [-0.05, 0) is 67.4 Å². The molecule has 0 spiro atoms. The average Bonchev–Trinajstić information content (AvgIpc) is 3.14. The number of benzene rings is 1. The quantitative estimate of drug-likeness (QED) is 0.359. The topological polar surface area (TPSA) is 53.6 Å². The SMILES string of the molecule is CCc1cccc(NC(N)=NCC2CCN(Cc3cccs3)CC2)c1.I. The van der Waals surface area contributed by atoms with Crippen molar-refractivity contribution in [3.05, 3.63) is 52.2 Å². The van der Waals surface area contributed by atoms with Crippen LogP contribution in [0.5, 0.6) is 0 Å². The number of nitrogens with zero attached hydrogens (tertiary/aromatic N) is 2. The lowest BCUT2D eigenvalue weighted by Crippen LogP contribution is -2.34. The van der Waals surface area contributed by atoms with Gasteiger partial charge in [-0.1, -0.05) is 25.1 Å². The van der Waals surface area contributed by atoms with E-state index in [1.54, 1.807) is 0 Å². The highest BCUT2D eigenvalue weighted by Crippen LogP contribution is 2.21. The maximum absolute atomic E-state index is 6.06. The summed E-state index contributed by atoms with van der Waals surface area (Å²) in [6, 6.07) is 12.7. The van der Waals surface area contributed by atoms with Crippen LogP contribution in [0.3, 0.4) is 0 Å². The summed E-state index contributed by atoms with van der Waals surface area (Å²) < 4.78 is 0. The van der Waals surface area contributed by atoms with E-state index in [9.17, 15) is 0 Å². The van der Waals surface area contributed by atoms with Crippen molar-refractivity contribution in [3.8, 4) is 0 Å². The first-order valence-electron chi connectivity index (χ1n) is 9.13. The van der Waals surface area contributed by atoms with E-state index in [0.717, 1.165) is 38.3 Å². The highest BCUT2D eigenvalue weighted by Gasteiger charge is 2.19. The molecule has 0 bridgehead atoms. The Morgan fingerprint density at radius 1 is 1.27 bits per heavy atom. The van der Waals surface area contributed by atoms with Gasteiger partial charge in [0.05, 0.1) is 0 Å². The molecule has 0 aliphatic carbocycles. The molecule has 2 heterocycles. The summed E-state index contributed by atoms with van der Waals surface area (Å²) in [5, 5.41) is 5.37. The third kappa shape index (κ3) is 6.55. The van der Waals surface area contributed by atoms with Crippen LogP contribution in [0.25, 0.3) is 0 Å². The van der Waals surface area contributed by atoms with Crippen LogP contribution in [0.4, 0.5) is 5.69 Å². The van der Waals surface area contributed by atoms with Crippen molar-refractivity contribution >= 4 is 47.0 Å². The second-order valence-corrected chi connectivity index (χ2v) is 7.74. The molecule has 4 nitrogen and oxygen atoms in total. The average molecular weight is 484 g/mol. The fraction of sp³-hybridized carbons (Fsp3) is 0.450. The molecule has 0 saturated carbocycles. The molecule has 142 valence electrons. The lowest BCUT2D eigenvalue weighted by atomic mass is 9.97. The molecule has 0 radical (unpaired) electrons. The molecule has 1 aromatic carbocycles. The number of piperidine rings is 1. The summed E-state index contributed by atoms with van der Waals surface area (Å²) in [5.74, 6) is 1.16. The summed E-state index contributed by atoms with van der Waals surface area (Å²) in [4.78, 5) is 8.57. The Hall–Kier alpha value is -1.12. The molecule has 3 rings (SSSR count). The second-order valence-electron chi connectivity index (χ2n) is 6.70. The maximum Gasteiger partial charge on any atom is 0.193 e. The Bertz CT molecular complexity index is 679. The summed E-state index contributed by atoms with van der Waals surface area (Å²) in [6.45, 7) is 6.37. The zero-order valence-corrected chi connectivity index (χ0v) is 18.5. The van der Waals surface area contributed by atoms with E-state index in [2.05, 4.69) is 57.8 Å². The van der Waals surface area contributed by atoms with Gasteiger partial charge in [0.1, 0.15) is 0 Å². The molecule has 2 aromatic rings. The standard InChI is InChI=1S/C20H28N4S.HI/c1-2-16-5-3-6-18(13-16)23-20(21)22-14-17-8-10-24(11-9-17)15-19-7-4-12-25-19;/h3-7,12-13,17H,2,8-11,14-15H2,1H3,(H3,21,22,23);1H. The molecule has 26 heavy (non-hydrogen) atoms. The third-order valence-electron chi connectivity index (χ3n) is 4.79. The molecule has 0 atom stereocenters. The van der Waals surface area contributed by atoms with E-state index < -0.39 is 0 Å². The van der Waals surface area contributed by atoms with Gasteiger partial charge < -0.3 is 11.1 Å². The van der Waals surface area contributed by atoms with E-state index in [1.807, 2.05) is 17.4 Å². The van der Waals surface area contributed by atoms with Crippen molar-refractivity contribution in [2.24, 2.45) is 16.6 Å². The van der Waals surface area contributed by atoms with Crippen molar-refractivity contribution in [1.82, 2.24) is 4.90 Å². The Balaban J connectivity index is 0.00000243. The van der Waals surface area contributed by atoms with Gasteiger partial charge >= 0.3 is 0 Å². The number of anilines is 1. The molecule has 3 N–H and O–H groups in total. The molecule has 6 heteroatoms. The first kappa shape index (κ1) is 21.2. The number of likely N-dealkylation sites (tertiary alicyclic amines) is 1. The fourth-order valence-corrected chi connectivity index (χ4v) is 3.98. The van der Waals surface area contributed by atoms with Crippen LogP contribution in [-0.4, -0.2) is 30.5 Å². The van der Waals surface area contributed by atoms with Gasteiger partial charge in [-0.3, -0.25) is 9.89 Å². The highest BCUT2D eigenvalue weighted by molar-refractivity contribution is 14.0. The van der Waals surface area contributed by atoms with Gasteiger partial charge in [0.2, 0.25) is 0 Å². The van der Waals surface area contributed by atoms with Crippen molar-refractivity contribution in [3.63, 3.8) is 0 Å². The third-order valence-corrected chi connectivity index (χ3v) is 5.66. The predicted molar refractivity (Wildman–Crippen MR) is 124 cm³/mol. The predicted octanol–water partition coefficient (Wildman–Crippen LogP) is 4.57. The first-order valence-corrected chi connectivity index (χ1v) is 10.0. The van der Waals surface area contributed by atoms with Crippen LogP contribution in [0.15, 0.2) is 46.8 Å². The van der Waals surface area contributed by atoms with Crippen LogP contribution >= 0.6 is 35.3 Å². The summed E-state index contributed by atoms with van der Waals surface area (Å²) >= 11 is 1.85. The van der Waals surface area contributed by atoms with E-state index in [0.29, 0.717) is 11.9 Å². The van der Waals surface area contributed by atoms with E-state index in [4.69, 9.17) is 5.73 Å². The Morgan fingerprint density at radius 3 is 2.77 bits per heavy atom. The summed E-state index contributed by atoms with van der Waals surface area (Å²) in [6.07, 6.45) is 3.43. The smallest absolute Gasteiger partial charge is 0.193 e. The van der Waals surface area contributed by atoms with Crippen molar-refractivity contribution in [2.45, 2.75) is 32.7 Å². The van der Waals surface area contributed by atoms with Crippen LogP contribution in [0, 0.1) is 5.92 Å². The van der Waals surface area contributed by atoms with Gasteiger partial charge in [-0.2, -0.15) is 0 Å². The van der Waals surface area contributed by atoms with Crippen LogP contribution in [-0.2, 0) is 13.0 Å². The van der Waals surface area contributed by atoms with E-state index in [1.165, 1.54) is 23.3 Å². The molecule has 0 unspecified atom stereocenters. The van der Waals surface area contributed by atoms with Crippen molar-refractivity contribution < 1.29 is 0 Å². The molecular weight excluding hydrogens is 455 g/mol. The molecule has 1 saturated heterocycles. The lowest BCUT2D eigenvalue weighted by Gasteiger charge is -2.30. The van der Waals surface area contributed by atoms with E-state index >= 15 is 0 Å². The number of nitrogens with one attached hydrogen (secondary N) is 1. The zero-order chi connectivity index (χ0) is 17.5. The largest absolute Gasteiger partial charge is 0.370 e.